The van der Waals surface area contributed by atoms with Crippen molar-refractivity contribution in [2.24, 2.45) is 5.92 Å². The van der Waals surface area contributed by atoms with E-state index in [0.717, 1.165) is 17.9 Å². The van der Waals surface area contributed by atoms with Gasteiger partial charge in [-0.15, -0.1) is 0 Å². The molecule has 1 aliphatic heterocycles. The second-order valence-corrected chi connectivity index (χ2v) is 7.43. The third-order valence-corrected chi connectivity index (χ3v) is 4.89. The van der Waals surface area contributed by atoms with Crippen LogP contribution in [0.1, 0.15) is 43.1 Å². The Morgan fingerprint density at radius 2 is 2.04 bits per heavy atom. The summed E-state index contributed by atoms with van der Waals surface area (Å²) in [6.07, 6.45) is 6.32. The van der Waals surface area contributed by atoms with Gasteiger partial charge in [-0.1, -0.05) is 25.5 Å². The van der Waals surface area contributed by atoms with Gasteiger partial charge in [-0.25, -0.2) is 0 Å². The smallest absolute Gasteiger partial charge is 0.272 e. The first kappa shape index (κ1) is 18.6. The molecule has 1 aromatic carbocycles. The van der Waals surface area contributed by atoms with E-state index in [1.807, 2.05) is 0 Å². The molecule has 1 atom stereocenters. The van der Waals surface area contributed by atoms with Crippen molar-refractivity contribution in [3.05, 3.63) is 57.8 Å². The van der Waals surface area contributed by atoms with Gasteiger partial charge in [-0.2, -0.15) is 4.98 Å². The maximum atomic E-state index is 11.3. The zero-order valence-corrected chi connectivity index (χ0v) is 15.8. The Kier molecular flexibility index (Phi) is 6.45. The van der Waals surface area contributed by atoms with Crippen molar-refractivity contribution in [1.29, 1.82) is 0 Å². The number of nitrogens with zero attached hydrogens (tertiary/aromatic N) is 2. The summed E-state index contributed by atoms with van der Waals surface area (Å²) < 4.78 is 6.09. The van der Waals surface area contributed by atoms with Gasteiger partial charge in [0.05, 0.1) is 6.61 Å². The Bertz CT molecular complexity index is 766. The maximum Gasteiger partial charge on any atom is 0.272 e. The molecule has 1 N–H and O–H groups in total. The number of benzene rings is 1. The van der Waals surface area contributed by atoms with Crippen molar-refractivity contribution < 1.29 is 4.74 Å². The number of rotatable bonds is 7. The minimum atomic E-state index is -0.201. The van der Waals surface area contributed by atoms with Gasteiger partial charge in [-0.3, -0.25) is 9.69 Å². The average molecular weight is 355 g/mol. The molecule has 1 aromatic heterocycles. The van der Waals surface area contributed by atoms with Crippen LogP contribution < -0.4 is 10.3 Å². The van der Waals surface area contributed by atoms with Crippen LogP contribution in [0.5, 0.6) is 5.75 Å². The Morgan fingerprint density at radius 1 is 1.23 bits per heavy atom. The lowest BCUT2D eigenvalue weighted by Gasteiger charge is -2.26. The highest BCUT2D eigenvalue weighted by Gasteiger charge is 2.12. The van der Waals surface area contributed by atoms with E-state index in [0.29, 0.717) is 18.9 Å². The van der Waals surface area contributed by atoms with Gasteiger partial charge in [0, 0.05) is 25.2 Å². The third kappa shape index (κ3) is 5.43. The van der Waals surface area contributed by atoms with Crippen LogP contribution in [0, 0.1) is 12.8 Å². The Hall–Kier alpha value is -2.14. The van der Waals surface area contributed by atoms with Crippen molar-refractivity contribution in [2.75, 3.05) is 19.7 Å². The summed E-state index contributed by atoms with van der Waals surface area (Å²) in [5, 5.41) is 0. The molecule has 26 heavy (non-hydrogen) atoms. The van der Waals surface area contributed by atoms with Crippen LogP contribution in [0.2, 0.25) is 0 Å². The van der Waals surface area contributed by atoms with Gasteiger partial charge in [0.25, 0.3) is 5.56 Å². The van der Waals surface area contributed by atoms with Crippen LogP contribution in [-0.4, -0.2) is 34.6 Å². The molecule has 140 valence electrons. The maximum absolute atomic E-state index is 11.3. The summed E-state index contributed by atoms with van der Waals surface area (Å²) in [6, 6.07) is 7.97. The van der Waals surface area contributed by atoms with Crippen molar-refractivity contribution >= 4 is 0 Å². The second kappa shape index (κ2) is 8.99. The predicted molar refractivity (Wildman–Crippen MR) is 104 cm³/mol. The number of H-pyrrole nitrogens is 1. The molecular formula is C21H29N3O2. The minimum absolute atomic E-state index is 0.201. The summed E-state index contributed by atoms with van der Waals surface area (Å²) in [5.41, 5.74) is 2.27. The molecule has 1 unspecified atom stereocenters. The van der Waals surface area contributed by atoms with Crippen molar-refractivity contribution in [2.45, 2.75) is 46.1 Å². The molecule has 0 spiro atoms. The number of likely N-dealkylation sites (tertiary alicyclic amines) is 1. The zero-order chi connectivity index (χ0) is 18.4. The van der Waals surface area contributed by atoms with Crippen LogP contribution in [-0.2, 0) is 13.0 Å². The predicted octanol–water partition coefficient (Wildman–Crippen LogP) is 3.32. The molecule has 2 aromatic rings. The third-order valence-electron chi connectivity index (χ3n) is 4.89. The number of nitrogens with one attached hydrogen (secondary N) is 1. The lowest BCUT2D eigenvalue weighted by atomic mass is 10.1. The fourth-order valence-corrected chi connectivity index (χ4v) is 3.41. The van der Waals surface area contributed by atoms with Gasteiger partial charge in [0.15, 0.2) is 0 Å². The molecule has 3 rings (SSSR count). The second-order valence-electron chi connectivity index (χ2n) is 7.43. The van der Waals surface area contributed by atoms with E-state index in [1.54, 1.807) is 6.20 Å². The number of aryl methyl sites for hydroxylation is 1. The van der Waals surface area contributed by atoms with Gasteiger partial charge >= 0.3 is 0 Å². The van der Waals surface area contributed by atoms with Crippen LogP contribution in [0.3, 0.4) is 0 Å². The van der Waals surface area contributed by atoms with Gasteiger partial charge in [-0.05, 0) is 56.0 Å². The van der Waals surface area contributed by atoms with E-state index in [-0.39, 0.29) is 11.5 Å². The molecule has 0 amide bonds. The fraction of sp³-hybridized carbons (Fsp3) is 0.524. The van der Waals surface area contributed by atoms with Crippen LogP contribution >= 0.6 is 0 Å². The summed E-state index contributed by atoms with van der Waals surface area (Å²) in [7, 11) is 0. The molecule has 2 heterocycles. The summed E-state index contributed by atoms with van der Waals surface area (Å²) in [6.45, 7) is 8.20. The Morgan fingerprint density at radius 3 is 2.81 bits per heavy atom. The number of hydrogen-bond acceptors (Lipinski definition) is 4. The molecule has 1 saturated heterocycles. The van der Waals surface area contributed by atoms with Crippen molar-refractivity contribution in [1.82, 2.24) is 14.9 Å². The number of ether oxygens (including phenoxy) is 1. The number of piperidine rings is 1. The molecule has 0 bridgehead atoms. The first-order valence-corrected chi connectivity index (χ1v) is 9.59. The highest BCUT2D eigenvalue weighted by molar-refractivity contribution is 5.36. The van der Waals surface area contributed by atoms with Crippen LogP contribution in [0.15, 0.2) is 35.3 Å². The van der Waals surface area contributed by atoms with E-state index in [2.05, 4.69) is 46.9 Å². The normalized spacial score (nSPS) is 16.4. The topological polar surface area (TPSA) is 58.2 Å². The number of aromatic nitrogens is 2. The minimum Gasteiger partial charge on any atom is -0.493 e. The standard InChI is InChI=1S/C21H29N3O2/c1-16(12-20-22-9-8-21(25)23-20)15-26-19-13-18(7-6-17(19)2)14-24-10-4-3-5-11-24/h6-9,13,16H,3-5,10-12,14-15H2,1-2H3,(H,22,23,25). The quantitative estimate of drug-likeness (QED) is 0.828. The van der Waals surface area contributed by atoms with Gasteiger partial charge in [0.2, 0.25) is 0 Å². The highest BCUT2D eigenvalue weighted by atomic mass is 16.5. The average Bonchev–Trinajstić information content (AvgIpc) is 2.63. The van der Waals surface area contributed by atoms with E-state index < -0.39 is 0 Å². The molecule has 0 radical (unpaired) electrons. The van der Waals surface area contributed by atoms with Crippen molar-refractivity contribution in [3.8, 4) is 5.75 Å². The fourth-order valence-electron chi connectivity index (χ4n) is 3.41. The van der Waals surface area contributed by atoms with Crippen LogP contribution in [0.4, 0.5) is 0 Å². The first-order valence-electron chi connectivity index (χ1n) is 9.59. The van der Waals surface area contributed by atoms with E-state index in [1.165, 1.54) is 44.0 Å². The lowest BCUT2D eigenvalue weighted by molar-refractivity contribution is 0.220. The molecule has 5 nitrogen and oxygen atoms in total. The SMILES string of the molecule is Cc1ccc(CN2CCCCC2)cc1OCC(C)Cc1nc(=O)cc[nH]1. The molecular weight excluding hydrogens is 326 g/mol. The van der Waals surface area contributed by atoms with Crippen molar-refractivity contribution in [3.63, 3.8) is 0 Å². The highest BCUT2D eigenvalue weighted by Crippen LogP contribution is 2.22. The van der Waals surface area contributed by atoms with Gasteiger partial charge in [0.1, 0.15) is 11.6 Å². The zero-order valence-electron chi connectivity index (χ0n) is 15.8. The molecule has 0 aliphatic carbocycles. The Balaban J connectivity index is 1.56. The van der Waals surface area contributed by atoms with Gasteiger partial charge < -0.3 is 9.72 Å². The van der Waals surface area contributed by atoms with Crippen LogP contribution in [0.25, 0.3) is 0 Å². The summed E-state index contributed by atoms with van der Waals surface area (Å²) >= 11 is 0. The van der Waals surface area contributed by atoms with E-state index >= 15 is 0 Å². The number of hydrogen-bond donors (Lipinski definition) is 1. The lowest BCUT2D eigenvalue weighted by Crippen LogP contribution is -2.29. The first-order chi connectivity index (χ1) is 12.6. The molecule has 1 fully saturated rings. The summed E-state index contributed by atoms with van der Waals surface area (Å²) in [4.78, 5) is 20.9. The molecule has 0 saturated carbocycles. The Labute approximate surface area is 155 Å². The summed E-state index contributed by atoms with van der Waals surface area (Å²) in [5.74, 6) is 1.94. The number of aromatic amines is 1. The van der Waals surface area contributed by atoms with E-state index in [4.69, 9.17) is 4.74 Å². The van der Waals surface area contributed by atoms with E-state index in [9.17, 15) is 4.79 Å². The molecule has 5 heteroatoms. The largest absolute Gasteiger partial charge is 0.493 e. The monoisotopic (exact) mass is 355 g/mol. The molecule has 1 aliphatic rings.